The van der Waals surface area contributed by atoms with Crippen LogP contribution in [-0.4, -0.2) is 74.3 Å². The second kappa shape index (κ2) is 18.7. The quantitative estimate of drug-likeness (QED) is 0.121. The average molecular weight is 493 g/mol. The number of halogens is 1. The van der Waals surface area contributed by atoms with Crippen LogP contribution in [0.25, 0.3) is 0 Å². The van der Waals surface area contributed by atoms with Gasteiger partial charge in [0, 0.05) is 24.0 Å². The van der Waals surface area contributed by atoms with Crippen LogP contribution in [0.3, 0.4) is 0 Å². The molecular formula is C22H45ClN6O2S. The molecule has 2 fully saturated rings. The van der Waals surface area contributed by atoms with Crippen LogP contribution in [0.15, 0.2) is 0 Å². The highest BCUT2D eigenvalue weighted by Gasteiger charge is 2.42. The maximum atomic E-state index is 12.0. The highest BCUT2D eigenvalue weighted by Crippen LogP contribution is 2.33. The van der Waals surface area contributed by atoms with E-state index in [4.69, 9.17) is 5.73 Å². The lowest BCUT2D eigenvalue weighted by atomic mass is 10.0. The van der Waals surface area contributed by atoms with Gasteiger partial charge in [-0.1, -0.05) is 12.8 Å². The van der Waals surface area contributed by atoms with E-state index in [1.165, 1.54) is 6.42 Å². The molecule has 3 amide bonds. The summed E-state index contributed by atoms with van der Waals surface area (Å²) in [5.41, 5.74) is 5.47. The van der Waals surface area contributed by atoms with E-state index in [0.717, 1.165) is 96.4 Å². The molecule has 8 nitrogen and oxygen atoms in total. The van der Waals surface area contributed by atoms with Gasteiger partial charge in [-0.3, -0.25) is 4.79 Å². The number of nitrogens with one attached hydrogen (secondary N) is 5. The van der Waals surface area contributed by atoms with Crippen molar-refractivity contribution >= 4 is 36.1 Å². The number of unbranched alkanes of at least 4 members (excludes halogenated alkanes) is 4. The van der Waals surface area contributed by atoms with Crippen molar-refractivity contribution in [3.8, 4) is 0 Å². The Hall–Kier alpha value is -0.740. The van der Waals surface area contributed by atoms with Crippen LogP contribution < -0.4 is 32.3 Å². The molecule has 0 aromatic rings. The lowest BCUT2D eigenvalue weighted by molar-refractivity contribution is -0.121. The fourth-order valence-electron chi connectivity index (χ4n) is 4.12. The number of thioether (sulfide) groups is 1. The molecule has 2 rings (SSSR count). The summed E-state index contributed by atoms with van der Waals surface area (Å²) in [6.45, 7) is 5.82. The Morgan fingerprint density at radius 1 is 0.906 bits per heavy atom. The van der Waals surface area contributed by atoms with Crippen molar-refractivity contribution in [2.24, 2.45) is 5.73 Å². The van der Waals surface area contributed by atoms with Crippen molar-refractivity contribution in [3.05, 3.63) is 0 Å². The molecule has 2 aliphatic heterocycles. The first-order valence-electron chi connectivity index (χ1n) is 12.3. The van der Waals surface area contributed by atoms with Crippen LogP contribution in [0.5, 0.6) is 0 Å². The average Bonchev–Trinajstić information content (AvgIpc) is 3.30. The highest BCUT2D eigenvalue weighted by molar-refractivity contribution is 8.00. The van der Waals surface area contributed by atoms with Gasteiger partial charge in [-0.25, -0.2) is 4.79 Å². The normalized spacial score (nSPS) is 21.5. The van der Waals surface area contributed by atoms with Gasteiger partial charge in [0.05, 0.1) is 12.1 Å². The molecular weight excluding hydrogens is 448 g/mol. The summed E-state index contributed by atoms with van der Waals surface area (Å²) < 4.78 is 0. The van der Waals surface area contributed by atoms with Gasteiger partial charge in [0.1, 0.15) is 0 Å². The third-order valence-corrected chi connectivity index (χ3v) is 7.46. The van der Waals surface area contributed by atoms with E-state index < -0.39 is 0 Å². The maximum absolute atomic E-state index is 12.0. The zero-order valence-corrected chi connectivity index (χ0v) is 21.1. The predicted octanol–water partition coefficient (Wildman–Crippen LogP) is 1.73. The van der Waals surface area contributed by atoms with E-state index in [0.29, 0.717) is 11.7 Å². The Kier molecular flexibility index (Phi) is 17.1. The van der Waals surface area contributed by atoms with Gasteiger partial charge in [-0.15, -0.1) is 12.4 Å². The molecule has 0 unspecified atom stereocenters. The summed E-state index contributed by atoms with van der Waals surface area (Å²) in [4.78, 5) is 23.4. The number of amides is 3. The van der Waals surface area contributed by atoms with E-state index in [9.17, 15) is 9.59 Å². The smallest absolute Gasteiger partial charge is 0.315 e. The van der Waals surface area contributed by atoms with Crippen molar-refractivity contribution in [2.45, 2.75) is 81.5 Å². The number of carbonyl (C=O) groups excluding carboxylic acids is 2. The fourth-order valence-corrected chi connectivity index (χ4v) is 5.67. The van der Waals surface area contributed by atoms with Gasteiger partial charge in [0.2, 0.25) is 5.91 Å². The van der Waals surface area contributed by atoms with Crippen LogP contribution in [0.1, 0.15) is 64.2 Å². The molecule has 2 heterocycles. The molecule has 0 aliphatic carbocycles. The number of nitrogens with two attached hydrogens (primary N) is 1. The maximum Gasteiger partial charge on any atom is 0.315 e. The predicted molar refractivity (Wildman–Crippen MR) is 137 cm³/mol. The summed E-state index contributed by atoms with van der Waals surface area (Å²) in [5.74, 6) is 1.17. The zero-order chi connectivity index (χ0) is 22.2. The topological polar surface area (TPSA) is 120 Å². The molecule has 0 aromatic heterocycles. The van der Waals surface area contributed by atoms with E-state index in [1.54, 1.807) is 0 Å². The Bertz CT molecular complexity index is 517. The van der Waals surface area contributed by atoms with Crippen LogP contribution in [0.2, 0.25) is 0 Å². The standard InChI is InChI=1S/C22H44N6O2S.ClH/c23-11-4-7-13-25-15-8-14-24-12-5-1-6-16-26-20(29)10-3-2-9-19-21-18(17-31-19)27-22(30)28-21;/h18-19,21,24-25H,1-17,23H2,(H,26,29)(H2,27,28,30);1H/t18-,19-,21-;/m0./s1. The minimum absolute atomic E-state index is 0. The fraction of sp³-hybridized carbons (Fsp3) is 0.909. The Morgan fingerprint density at radius 2 is 1.59 bits per heavy atom. The minimum Gasteiger partial charge on any atom is -0.356 e. The molecule has 188 valence electrons. The SMILES string of the molecule is Cl.NCCCCNCCCNCCCCCNC(=O)CCCC[C@@H]1SC[C@@H]2NC(=O)N[C@@H]21. The minimum atomic E-state index is -0.0301. The van der Waals surface area contributed by atoms with Gasteiger partial charge in [-0.05, 0) is 77.7 Å². The second-order valence-electron chi connectivity index (χ2n) is 8.63. The Labute approximate surface area is 204 Å². The molecule has 2 aliphatic rings. The van der Waals surface area contributed by atoms with E-state index in [1.807, 2.05) is 11.8 Å². The van der Waals surface area contributed by atoms with Crippen molar-refractivity contribution in [2.75, 3.05) is 45.0 Å². The molecule has 0 saturated carbocycles. The molecule has 32 heavy (non-hydrogen) atoms. The lowest BCUT2D eigenvalue weighted by Gasteiger charge is -2.16. The number of rotatable bonds is 19. The molecule has 0 aromatic carbocycles. The summed E-state index contributed by atoms with van der Waals surface area (Å²) in [5, 5.41) is 16.4. The first kappa shape index (κ1) is 29.3. The number of hydrogen-bond donors (Lipinski definition) is 6. The largest absolute Gasteiger partial charge is 0.356 e. The first-order chi connectivity index (χ1) is 15.2. The van der Waals surface area contributed by atoms with Crippen molar-refractivity contribution in [1.82, 2.24) is 26.6 Å². The van der Waals surface area contributed by atoms with E-state index in [-0.39, 0.29) is 36.4 Å². The third kappa shape index (κ3) is 12.5. The van der Waals surface area contributed by atoms with E-state index >= 15 is 0 Å². The van der Waals surface area contributed by atoms with Gasteiger partial charge >= 0.3 is 6.03 Å². The molecule has 3 atom stereocenters. The van der Waals surface area contributed by atoms with Crippen molar-refractivity contribution in [1.29, 1.82) is 0 Å². The second-order valence-corrected chi connectivity index (χ2v) is 9.90. The molecule has 2 saturated heterocycles. The highest BCUT2D eigenvalue weighted by atomic mass is 35.5. The monoisotopic (exact) mass is 492 g/mol. The summed E-state index contributed by atoms with van der Waals surface area (Å²) in [6, 6.07) is 0.524. The molecule has 0 bridgehead atoms. The Morgan fingerprint density at radius 3 is 2.34 bits per heavy atom. The van der Waals surface area contributed by atoms with Crippen LogP contribution in [0, 0.1) is 0 Å². The summed E-state index contributed by atoms with van der Waals surface area (Å²) in [6.07, 6.45) is 10.4. The van der Waals surface area contributed by atoms with Crippen LogP contribution >= 0.6 is 24.2 Å². The molecule has 0 spiro atoms. The number of fused-ring (bicyclic) bond motifs is 1. The number of urea groups is 1. The lowest BCUT2D eigenvalue weighted by Crippen LogP contribution is -2.36. The van der Waals surface area contributed by atoms with Gasteiger partial charge in [0.25, 0.3) is 0 Å². The molecule has 10 heteroatoms. The first-order valence-corrected chi connectivity index (χ1v) is 13.3. The van der Waals surface area contributed by atoms with Gasteiger partial charge < -0.3 is 32.3 Å². The molecule has 7 N–H and O–H groups in total. The number of carbonyl (C=O) groups is 2. The van der Waals surface area contributed by atoms with Crippen LogP contribution in [0.4, 0.5) is 4.79 Å². The van der Waals surface area contributed by atoms with Gasteiger partial charge in [0.15, 0.2) is 0 Å². The van der Waals surface area contributed by atoms with Gasteiger partial charge in [-0.2, -0.15) is 11.8 Å². The summed E-state index contributed by atoms with van der Waals surface area (Å²) in [7, 11) is 0. The van der Waals surface area contributed by atoms with E-state index in [2.05, 4.69) is 26.6 Å². The zero-order valence-electron chi connectivity index (χ0n) is 19.5. The summed E-state index contributed by atoms with van der Waals surface area (Å²) >= 11 is 1.94. The number of hydrogen-bond acceptors (Lipinski definition) is 6. The van der Waals surface area contributed by atoms with Crippen molar-refractivity contribution in [3.63, 3.8) is 0 Å². The van der Waals surface area contributed by atoms with Crippen LogP contribution in [-0.2, 0) is 4.79 Å². The molecule has 0 radical (unpaired) electrons. The third-order valence-electron chi connectivity index (χ3n) is 5.95. The Balaban J connectivity index is 0.00000512. The van der Waals surface area contributed by atoms with Crippen molar-refractivity contribution < 1.29 is 9.59 Å².